The van der Waals surface area contributed by atoms with Crippen LogP contribution in [0.15, 0.2) is 41.7 Å². The van der Waals surface area contributed by atoms with Gasteiger partial charge in [-0.05, 0) is 12.1 Å². The van der Waals surface area contributed by atoms with Crippen molar-refractivity contribution in [2.45, 2.75) is 6.42 Å². The van der Waals surface area contributed by atoms with Gasteiger partial charge in [0.1, 0.15) is 11.3 Å². The van der Waals surface area contributed by atoms with Crippen molar-refractivity contribution in [1.82, 2.24) is 9.97 Å². The number of aromatic amines is 1. The number of imidazole rings is 1. The minimum atomic E-state index is -0.0587. The van der Waals surface area contributed by atoms with Crippen LogP contribution in [-0.2, 0) is 6.42 Å². The largest absolute Gasteiger partial charge is 0.342 e. The lowest BCUT2D eigenvalue weighted by Gasteiger charge is -1.83. The molecule has 0 spiro atoms. The van der Waals surface area contributed by atoms with Crippen molar-refractivity contribution in [1.29, 1.82) is 0 Å². The topological polar surface area (TPSA) is 45.8 Å². The fourth-order valence-electron chi connectivity index (χ4n) is 1.35. The maximum Gasteiger partial charge on any atom is 0.206 e. The van der Waals surface area contributed by atoms with Crippen LogP contribution < -0.4 is 5.43 Å². The van der Waals surface area contributed by atoms with Crippen LogP contribution in [0, 0.1) is 0 Å². The Morgan fingerprint density at radius 3 is 3.00 bits per heavy atom. The van der Waals surface area contributed by atoms with E-state index in [0.717, 1.165) is 11.3 Å². The highest BCUT2D eigenvalue weighted by Gasteiger charge is 2.01. The van der Waals surface area contributed by atoms with Crippen molar-refractivity contribution >= 4 is 11.0 Å². The van der Waals surface area contributed by atoms with Gasteiger partial charge in [0.2, 0.25) is 5.43 Å². The third kappa shape index (κ3) is 1.44. The van der Waals surface area contributed by atoms with E-state index in [1.807, 2.05) is 12.1 Å². The van der Waals surface area contributed by atoms with Crippen molar-refractivity contribution in [3.63, 3.8) is 0 Å². The Morgan fingerprint density at radius 2 is 2.21 bits per heavy atom. The van der Waals surface area contributed by atoms with Crippen molar-refractivity contribution in [3.8, 4) is 0 Å². The molecule has 0 aliphatic carbocycles. The SMILES string of the molecule is C=CCc1nc2c(=O)ccccc2[nH]1. The first-order valence-corrected chi connectivity index (χ1v) is 4.40. The van der Waals surface area contributed by atoms with E-state index < -0.39 is 0 Å². The summed E-state index contributed by atoms with van der Waals surface area (Å²) in [5.74, 6) is 0.776. The molecular weight excluding hydrogens is 176 g/mol. The summed E-state index contributed by atoms with van der Waals surface area (Å²) in [6.07, 6.45) is 2.40. The van der Waals surface area contributed by atoms with Gasteiger partial charge in [-0.3, -0.25) is 4.79 Å². The molecule has 0 aliphatic heterocycles. The molecule has 0 radical (unpaired) electrons. The van der Waals surface area contributed by atoms with Crippen molar-refractivity contribution < 1.29 is 0 Å². The highest BCUT2D eigenvalue weighted by molar-refractivity contribution is 5.73. The monoisotopic (exact) mass is 186 g/mol. The van der Waals surface area contributed by atoms with Gasteiger partial charge >= 0.3 is 0 Å². The predicted molar refractivity (Wildman–Crippen MR) is 56.3 cm³/mol. The highest BCUT2D eigenvalue weighted by Crippen LogP contribution is 2.05. The van der Waals surface area contributed by atoms with Crippen molar-refractivity contribution in [2.75, 3.05) is 0 Å². The molecule has 0 atom stereocenters. The molecule has 0 bridgehead atoms. The fraction of sp³-hybridized carbons (Fsp3) is 0.0909. The Labute approximate surface area is 81.1 Å². The molecule has 14 heavy (non-hydrogen) atoms. The molecule has 1 heterocycles. The Morgan fingerprint density at radius 1 is 1.43 bits per heavy atom. The van der Waals surface area contributed by atoms with Crippen LogP contribution in [0.4, 0.5) is 0 Å². The number of nitrogens with zero attached hydrogens (tertiary/aromatic N) is 1. The number of rotatable bonds is 2. The summed E-state index contributed by atoms with van der Waals surface area (Å²) in [5.41, 5.74) is 1.21. The van der Waals surface area contributed by atoms with E-state index in [4.69, 9.17) is 0 Å². The first-order valence-electron chi connectivity index (χ1n) is 4.40. The zero-order chi connectivity index (χ0) is 9.97. The van der Waals surface area contributed by atoms with Crippen molar-refractivity contribution in [2.24, 2.45) is 0 Å². The summed E-state index contributed by atoms with van der Waals surface area (Å²) in [6, 6.07) is 6.89. The number of allylic oxidation sites excluding steroid dienone is 1. The molecular formula is C11H10N2O. The second kappa shape index (κ2) is 3.46. The number of hydrogen-bond donors (Lipinski definition) is 1. The van der Waals surface area contributed by atoms with Crippen LogP contribution in [0.2, 0.25) is 0 Å². The van der Waals surface area contributed by atoms with Gasteiger partial charge in [-0.25, -0.2) is 4.98 Å². The fourth-order valence-corrected chi connectivity index (χ4v) is 1.35. The molecule has 1 N–H and O–H groups in total. The highest BCUT2D eigenvalue weighted by atomic mass is 16.1. The number of hydrogen-bond acceptors (Lipinski definition) is 2. The molecule has 0 saturated carbocycles. The minimum Gasteiger partial charge on any atom is -0.342 e. The number of fused-ring (bicyclic) bond motifs is 1. The quantitative estimate of drug-likeness (QED) is 0.725. The van der Waals surface area contributed by atoms with Crippen LogP contribution >= 0.6 is 0 Å². The molecule has 1 aromatic carbocycles. The standard InChI is InChI=1S/C11H10N2O/c1-2-5-10-12-8-6-3-4-7-9(14)11(8)13-10/h2-4,6-7H,1,5H2,(H,12,13). The number of nitrogens with one attached hydrogen (secondary N) is 1. The zero-order valence-corrected chi connectivity index (χ0v) is 7.66. The van der Waals surface area contributed by atoms with Gasteiger partial charge in [-0.2, -0.15) is 0 Å². The molecule has 0 unspecified atom stereocenters. The third-order valence-electron chi connectivity index (χ3n) is 1.97. The molecule has 3 nitrogen and oxygen atoms in total. The Kier molecular flexibility index (Phi) is 2.14. The lowest BCUT2D eigenvalue weighted by atomic mass is 10.4. The molecule has 2 rings (SSSR count). The van der Waals surface area contributed by atoms with E-state index in [1.165, 1.54) is 6.07 Å². The van der Waals surface area contributed by atoms with E-state index in [0.29, 0.717) is 11.9 Å². The smallest absolute Gasteiger partial charge is 0.206 e. The lowest BCUT2D eigenvalue weighted by Crippen LogP contribution is -1.94. The van der Waals surface area contributed by atoms with E-state index in [9.17, 15) is 4.79 Å². The molecule has 1 aromatic heterocycles. The Balaban J connectivity index is 2.73. The van der Waals surface area contributed by atoms with Crippen molar-refractivity contribution in [3.05, 3.63) is 53.0 Å². The van der Waals surface area contributed by atoms with Crippen LogP contribution in [0.5, 0.6) is 0 Å². The van der Waals surface area contributed by atoms with Crippen LogP contribution in [-0.4, -0.2) is 9.97 Å². The second-order valence-corrected chi connectivity index (χ2v) is 3.02. The molecule has 0 saturated heterocycles. The average Bonchev–Trinajstić information content (AvgIpc) is 2.49. The molecule has 0 amide bonds. The predicted octanol–water partition coefficient (Wildman–Crippen LogP) is 1.65. The summed E-state index contributed by atoms with van der Waals surface area (Å²) in [4.78, 5) is 18.8. The normalized spacial score (nSPS) is 10.3. The van der Waals surface area contributed by atoms with E-state index in [2.05, 4.69) is 16.5 Å². The average molecular weight is 186 g/mol. The van der Waals surface area contributed by atoms with E-state index in [-0.39, 0.29) is 5.43 Å². The molecule has 0 aliphatic rings. The Hall–Kier alpha value is -1.90. The van der Waals surface area contributed by atoms with Crippen LogP contribution in [0.1, 0.15) is 5.82 Å². The van der Waals surface area contributed by atoms with Crippen LogP contribution in [0.3, 0.4) is 0 Å². The van der Waals surface area contributed by atoms with Gasteiger partial charge in [-0.1, -0.05) is 18.2 Å². The Bertz CT molecular complexity index is 528. The van der Waals surface area contributed by atoms with Gasteiger partial charge in [0.15, 0.2) is 0 Å². The van der Waals surface area contributed by atoms with E-state index >= 15 is 0 Å². The number of aromatic nitrogens is 2. The molecule has 2 aromatic rings. The first kappa shape index (κ1) is 8.69. The summed E-state index contributed by atoms with van der Waals surface area (Å²) in [5, 5.41) is 0. The second-order valence-electron chi connectivity index (χ2n) is 3.02. The summed E-state index contributed by atoms with van der Waals surface area (Å²) in [7, 11) is 0. The summed E-state index contributed by atoms with van der Waals surface area (Å²) >= 11 is 0. The molecule has 3 heteroatoms. The maximum atomic E-state index is 11.5. The van der Waals surface area contributed by atoms with Gasteiger partial charge in [0.05, 0.1) is 5.52 Å². The van der Waals surface area contributed by atoms with Gasteiger partial charge in [0, 0.05) is 6.42 Å². The third-order valence-corrected chi connectivity index (χ3v) is 1.97. The van der Waals surface area contributed by atoms with E-state index in [1.54, 1.807) is 12.1 Å². The lowest BCUT2D eigenvalue weighted by molar-refractivity contribution is 1.07. The van der Waals surface area contributed by atoms with Gasteiger partial charge < -0.3 is 4.98 Å². The zero-order valence-electron chi connectivity index (χ0n) is 7.66. The summed E-state index contributed by atoms with van der Waals surface area (Å²) in [6.45, 7) is 3.62. The van der Waals surface area contributed by atoms with Crippen LogP contribution in [0.25, 0.3) is 11.0 Å². The van der Waals surface area contributed by atoms with Gasteiger partial charge in [0.25, 0.3) is 0 Å². The molecule has 70 valence electrons. The minimum absolute atomic E-state index is 0.0587. The number of H-pyrrole nitrogens is 1. The maximum absolute atomic E-state index is 11.5. The van der Waals surface area contributed by atoms with Gasteiger partial charge in [-0.15, -0.1) is 6.58 Å². The summed E-state index contributed by atoms with van der Waals surface area (Å²) < 4.78 is 0. The molecule has 0 fully saturated rings. The first-order chi connectivity index (χ1) is 6.81.